The number of carboxylic acid groups (broad SMARTS) is 1. The van der Waals surface area contributed by atoms with Gasteiger partial charge in [-0.2, -0.15) is 0 Å². The lowest BCUT2D eigenvalue weighted by Crippen LogP contribution is -2.57. The zero-order chi connectivity index (χ0) is 27.9. The molecule has 0 saturated heterocycles. The van der Waals surface area contributed by atoms with Crippen LogP contribution in [0.15, 0.2) is 65.7 Å². The SMILES string of the molecule is NC(N)=NCCCC(NC(=O)C(Cc1ccccc1)NC(=O)C(N)Cc1ccccc1)C(=O)NCC(=O)O. The van der Waals surface area contributed by atoms with E-state index in [1.165, 1.54) is 0 Å². The Morgan fingerprint density at radius 1 is 0.789 bits per heavy atom. The second-order valence-electron chi connectivity index (χ2n) is 8.67. The van der Waals surface area contributed by atoms with Gasteiger partial charge in [-0.05, 0) is 30.4 Å². The molecule has 12 nitrogen and oxygen atoms in total. The van der Waals surface area contributed by atoms with Crippen LogP contribution in [0.1, 0.15) is 24.0 Å². The molecule has 3 unspecified atom stereocenters. The lowest BCUT2D eigenvalue weighted by atomic mass is 10.0. The van der Waals surface area contributed by atoms with Crippen LogP contribution in [0.25, 0.3) is 0 Å². The fraction of sp³-hybridized carbons (Fsp3) is 0.346. The molecule has 10 N–H and O–H groups in total. The van der Waals surface area contributed by atoms with Gasteiger partial charge < -0.3 is 38.3 Å². The molecule has 0 aliphatic rings. The Labute approximate surface area is 221 Å². The predicted molar refractivity (Wildman–Crippen MR) is 143 cm³/mol. The summed E-state index contributed by atoms with van der Waals surface area (Å²) in [5, 5.41) is 16.5. The summed E-state index contributed by atoms with van der Waals surface area (Å²) in [6.07, 6.45) is 0.889. The number of nitrogens with one attached hydrogen (secondary N) is 3. The number of carboxylic acids is 1. The van der Waals surface area contributed by atoms with Gasteiger partial charge in [0.25, 0.3) is 0 Å². The first kappa shape index (κ1) is 29.8. The number of carbonyl (C=O) groups is 4. The van der Waals surface area contributed by atoms with Gasteiger partial charge in [0.15, 0.2) is 5.96 Å². The van der Waals surface area contributed by atoms with Gasteiger partial charge in [0, 0.05) is 13.0 Å². The smallest absolute Gasteiger partial charge is 0.322 e. The second-order valence-corrected chi connectivity index (χ2v) is 8.67. The summed E-state index contributed by atoms with van der Waals surface area (Å²) in [6, 6.07) is 15.3. The van der Waals surface area contributed by atoms with Gasteiger partial charge in [-0.3, -0.25) is 24.2 Å². The number of aliphatic imine (C=N–C) groups is 1. The minimum Gasteiger partial charge on any atom is -0.480 e. The molecule has 0 aliphatic heterocycles. The lowest BCUT2D eigenvalue weighted by molar-refractivity contribution is -0.138. The number of aliphatic carboxylic acids is 1. The highest BCUT2D eigenvalue weighted by Gasteiger charge is 2.28. The third-order valence-electron chi connectivity index (χ3n) is 5.54. The molecule has 0 aliphatic carbocycles. The molecule has 204 valence electrons. The Morgan fingerprint density at radius 3 is 1.89 bits per heavy atom. The van der Waals surface area contributed by atoms with E-state index in [1.807, 2.05) is 48.5 Å². The fourth-order valence-corrected chi connectivity index (χ4v) is 3.63. The monoisotopic (exact) mass is 525 g/mol. The Kier molecular flexibility index (Phi) is 12.2. The van der Waals surface area contributed by atoms with E-state index in [0.717, 1.165) is 11.1 Å². The molecule has 12 heteroatoms. The summed E-state index contributed by atoms with van der Waals surface area (Å²) in [5.74, 6) is -3.17. The van der Waals surface area contributed by atoms with Gasteiger partial charge in [0.05, 0.1) is 6.04 Å². The van der Waals surface area contributed by atoms with Crippen molar-refractivity contribution in [3.05, 3.63) is 71.8 Å². The molecule has 0 aromatic heterocycles. The third-order valence-corrected chi connectivity index (χ3v) is 5.54. The standard InChI is InChI=1S/C26H35N7O5/c27-19(14-17-8-3-1-4-9-17)23(36)33-21(15-18-10-5-2-6-11-18)25(38)32-20(12-7-13-30-26(28)29)24(37)31-16-22(34)35/h1-6,8-11,19-21H,7,12-16,27H2,(H,31,37)(H,32,38)(H,33,36)(H,34,35)(H4,28,29,30). The highest BCUT2D eigenvalue weighted by atomic mass is 16.4. The van der Waals surface area contributed by atoms with Crippen LogP contribution < -0.4 is 33.2 Å². The Hall–Kier alpha value is -4.45. The molecular formula is C26H35N7O5. The Balaban J connectivity index is 2.16. The average Bonchev–Trinajstić information content (AvgIpc) is 2.89. The lowest BCUT2D eigenvalue weighted by Gasteiger charge is -2.24. The van der Waals surface area contributed by atoms with Crippen LogP contribution in [0.3, 0.4) is 0 Å². The van der Waals surface area contributed by atoms with Gasteiger partial charge in [-0.1, -0.05) is 60.7 Å². The van der Waals surface area contributed by atoms with Crippen molar-refractivity contribution in [2.45, 2.75) is 43.8 Å². The molecule has 3 amide bonds. The first-order chi connectivity index (χ1) is 18.2. The molecule has 0 bridgehead atoms. The average molecular weight is 526 g/mol. The predicted octanol–water partition coefficient (Wildman–Crippen LogP) is -0.977. The third kappa shape index (κ3) is 11.1. The normalized spacial score (nSPS) is 12.9. The van der Waals surface area contributed by atoms with E-state index < -0.39 is 48.4 Å². The van der Waals surface area contributed by atoms with Crippen LogP contribution in [0.5, 0.6) is 0 Å². The molecule has 2 aromatic rings. The van der Waals surface area contributed by atoms with Crippen molar-refractivity contribution in [3.8, 4) is 0 Å². The molecule has 0 spiro atoms. The minimum atomic E-state index is -1.23. The maximum atomic E-state index is 13.3. The van der Waals surface area contributed by atoms with Crippen LogP contribution in [-0.4, -0.2) is 66.0 Å². The van der Waals surface area contributed by atoms with Crippen LogP contribution in [0, 0.1) is 0 Å². The molecule has 2 aromatic carbocycles. The zero-order valence-corrected chi connectivity index (χ0v) is 21.0. The molecule has 0 fully saturated rings. The highest BCUT2D eigenvalue weighted by Crippen LogP contribution is 2.07. The second kappa shape index (κ2) is 15.6. The summed E-state index contributed by atoms with van der Waals surface area (Å²) in [7, 11) is 0. The van der Waals surface area contributed by atoms with Crippen molar-refractivity contribution < 1.29 is 24.3 Å². The van der Waals surface area contributed by atoms with Gasteiger partial charge in [0.1, 0.15) is 18.6 Å². The number of hydrogen-bond donors (Lipinski definition) is 7. The van der Waals surface area contributed by atoms with Crippen molar-refractivity contribution in [2.75, 3.05) is 13.1 Å². The topological polar surface area (TPSA) is 215 Å². The van der Waals surface area contributed by atoms with E-state index >= 15 is 0 Å². The van der Waals surface area contributed by atoms with E-state index in [1.54, 1.807) is 12.1 Å². The summed E-state index contributed by atoms with van der Waals surface area (Å²) < 4.78 is 0. The van der Waals surface area contributed by atoms with Gasteiger partial charge >= 0.3 is 5.97 Å². The Bertz CT molecular complexity index is 1090. The largest absolute Gasteiger partial charge is 0.480 e. The number of guanidine groups is 1. The molecule has 38 heavy (non-hydrogen) atoms. The number of rotatable bonds is 15. The van der Waals surface area contributed by atoms with Crippen molar-refractivity contribution in [2.24, 2.45) is 22.2 Å². The van der Waals surface area contributed by atoms with Crippen molar-refractivity contribution in [1.29, 1.82) is 0 Å². The number of nitrogens with two attached hydrogens (primary N) is 3. The summed E-state index contributed by atoms with van der Waals surface area (Å²) in [4.78, 5) is 53.7. The first-order valence-electron chi connectivity index (χ1n) is 12.1. The van der Waals surface area contributed by atoms with E-state index in [-0.39, 0.29) is 31.8 Å². The summed E-state index contributed by atoms with van der Waals surface area (Å²) >= 11 is 0. The first-order valence-corrected chi connectivity index (χ1v) is 12.1. The van der Waals surface area contributed by atoms with Crippen LogP contribution in [-0.2, 0) is 32.0 Å². The number of hydrogen-bond acceptors (Lipinski definition) is 6. The van der Waals surface area contributed by atoms with Gasteiger partial charge in [-0.25, -0.2) is 0 Å². The molecular weight excluding hydrogens is 490 g/mol. The van der Waals surface area contributed by atoms with Gasteiger partial charge in [-0.15, -0.1) is 0 Å². The number of amides is 3. The molecule has 0 heterocycles. The fourth-order valence-electron chi connectivity index (χ4n) is 3.63. The summed E-state index contributed by atoms with van der Waals surface area (Å²) in [6.45, 7) is -0.406. The van der Waals surface area contributed by atoms with Gasteiger partial charge in [0.2, 0.25) is 17.7 Å². The molecule has 0 radical (unpaired) electrons. The van der Waals surface area contributed by atoms with E-state index in [0.29, 0.717) is 6.42 Å². The van der Waals surface area contributed by atoms with Crippen LogP contribution in [0.4, 0.5) is 0 Å². The number of benzene rings is 2. The van der Waals surface area contributed by atoms with Crippen molar-refractivity contribution >= 4 is 29.7 Å². The molecule has 0 saturated carbocycles. The minimum absolute atomic E-state index is 0.113. The number of carbonyl (C=O) groups excluding carboxylic acids is 3. The molecule has 2 rings (SSSR count). The van der Waals surface area contributed by atoms with Crippen molar-refractivity contribution in [1.82, 2.24) is 16.0 Å². The van der Waals surface area contributed by atoms with E-state index in [2.05, 4.69) is 20.9 Å². The van der Waals surface area contributed by atoms with E-state index in [4.69, 9.17) is 22.3 Å². The maximum Gasteiger partial charge on any atom is 0.322 e. The van der Waals surface area contributed by atoms with Crippen molar-refractivity contribution in [3.63, 3.8) is 0 Å². The van der Waals surface area contributed by atoms with E-state index in [9.17, 15) is 19.2 Å². The highest BCUT2D eigenvalue weighted by molar-refractivity contribution is 5.93. The number of nitrogens with zero attached hydrogens (tertiary/aromatic N) is 1. The zero-order valence-electron chi connectivity index (χ0n) is 21.0. The molecule has 3 atom stereocenters. The van der Waals surface area contributed by atoms with Crippen LogP contribution >= 0.6 is 0 Å². The van der Waals surface area contributed by atoms with Crippen LogP contribution in [0.2, 0.25) is 0 Å². The quantitative estimate of drug-likeness (QED) is 0.0869. The Morgan fingerprint density at radius 2 is 1.34 bits per heavy atom. The summed E-state index contributed by atoms with van der Waals surface area (Å²) in [5.41, 5.74) is 18.4. The maximum absolute atomic E-state index is 13.3.